The minimum Gasteiger partial charge on any atom is -0.329 e. The number of likely N-dealkylation sites (N-methyl/N-ethyl adjacent to an activating group) is 1. The Labute approximate surface area is 113 Å². The Hall–Kier alpha value is -0.0900. The van der Waals surface area contributed by atoms with Crippen molar-refractivity contribution in [2.75, 3.05) is 13.6 Å². The molecule has 2 N–H and O–H groups in total. The van der Waals surface area contributed by atoms with E-state index >= 15 is 0 Å². The standard InChI is InChI=1S/C13H21ClN2S/c1-16(11-5-3-2-4-6-11)12(8-15)13-7-10(14)9-17-13/h7,9,11-12H,2-6,8,15H2,1H3. The molecule has 1 fully saturated rings. The zero-order chi connectivity index (χ0) is 12.3. The molecular formula is C13H21ClN2S. The van der Waals surface area contributed by atoms with E-state index in [0.29, 0.717) is 18.6 Å². The molecule has 1 aliphatic rings. The molecule has 0 saturated heterocycles. The molecule has 1 heterocycles. The van der Waals surface area contributed by atoms with Crippen molar-refractivity contribution in [1.29, 1.82) is 0 Å². The highest BCUT2D eigenvalue weighted by Gasteiger charge is 2.25. The Morgan fingerprint density at radius 3 is 2.71 bits per heavy atom. The van der Waals surface area contributed by atoms with Crippen molar-refractivity contribution in [2.24, 2.45) is 5.73 Å². The fourth-order valence-electron chi connectivity index (χ4n) is 2.73. The second kappa shape index (κ2) is 6.19. The van der Waals surface area contributed by atoms with E-state index in [1.54, 1.807) is 11.3 Å². The molecule has 1 saturated carbocycles. The van der Waals surface area contributed by atoms with Crippen molar-refractivity contribution in [3.63, 3.8) is 0 Å². The lowest BCUT2D eigenvalue weighted by Gasteiger charge is -2.36. The average Bonchev–Trinajstić information content (AvgIpc) is 2.78. The van der Waals surface area contributed by atoms with E-state index in [9.17, 15) is 0 Å². The van der Waals surface area contributed by atoms with Crippen LogP contribution in [-0.4, -0.2) is 24.5 Å². The molecule has 0 radical (unpaired) electrons. The van der Waals surface area contributed by atoms with E-state index in [1.165, 1.54) is 37.0 Å². The summed E-state index contributed by atoms with van der Waals surface area (Å²) in [6, 6.07) is 3.08. The molecule has 4 heteroatoms. The summed E-state index contributed by atoms with van der Waals surface area (Å²) in [4.78, 5) is 3.76. The first-order chi connectivity index (χ1) is 8.22. The van der Waals surface area contributed by atoms with Gasteiger partial charge in [0, 0.05) is 22.8 Å². The molecule has 1 aromatic heterocycles. The fourth-order valence-corrected chi connectivity index (χ4v) is 3.98. The Balaban J connectivity index is 2.06. The third kappa shape index (κ3) is 3.22. The quantitative estimate of drug-likeness (QED) is 0.906. The Morgan fingerprint density at radius 2 is 2.18 bits per heavy atom. The van der Waals surface area contributed by atoms with Crippen LogP contribution in [0, 0.1) is 0 Å². The zero-order valence-corrected chi connectivity index (χ0v) is 11.9. The lowest BCUT2D eigenvalue weighted by atomic mass is 9.93. The van der Waals surface area contributed by atoms with Crippen molar-refractivity contribution in [3.05, 3.63) is 21.3 Å². The molecule has 96 valence electrons. The summed E-state index contributed by atoms with van der Waals surface area (Å²) in [6.45, 7) is 0.670. The fraction of sp³-hybridized carbons (Fsp3) is 0.692. The summed E-state index contributed by atoms with van der Waals surface area (Å²) in [5.41, 5.74) is 5.94. The molecule has 0 amide bonds. The van der Waals surface area contributed by atoms with E-state index in [1.807, 2.05) is 5.38 Å². The maximum absolute atomic E-state index is 6.00. The van der Waals surface area contributed by atoms with Crippen LogP contribution in [0.25, 0.3) is 0 Å². The van der Waals surface area contributed by atoms with Gasteiger partial charge in [-0.25, -0.2) is 0 Å². The van der Waals surface area contributed by atoms with Crippen molar-refractivity contribution in [2.45, 2.75) is 44.2 Å². The van der Waals surface area contributed by atoms with Gasteiger partial charge in [0.2, 0.25) is 0 Å². The molecular weight excluding hydrogens is 252 g/mol. The van der Waals surface area contributed by atoms with Crippen LogP contribution in [0.3, 0.4) is 0 Å². The Kier molecular flexibility index (Phi) is 4.86. The van der Waals surface area contributed by atoms with Gasteiger partial charge in [0.25, 0.3) is 0 Å². The van der Waals surface area contributed by atoms with Gasteiger partial charge in [-0.1, -0.05) is 30.9 Å². The first-order valence-corrected chi connectivity index (χ1v) is 7.64. The largest absolute Gasteiger partial charge is 0.329 e. The summed E-state index contributed by atoms with van der Waals surface area (Å²) in [7, 11) is 2.21. The van der Waals surface area contributed by atoms with Crippen LogP contribution in [0.15, 0.2) is 11.4 Å². The highest BCUT2D eigenvalue weighted by Crippen LogP contribution is 2.32. The molecule has 0 aliphatic heterocycles. The second-order valence-electron chi connectivity index (χ2n) is 4.88. The van der Waals surface area contributed by atoms with Crippen molar-refractivity contribution >= 4 is 22.9 Å². The van der Waals surface area contributed by atoms with Gasteiger partial charge in [-0.2, -0.15) is 0 Å². The first-order valence-electron chi connectivity index (χ1n) is 6.38. The Bertz CT molecular complexity index is 347. The first kappa shape index (κ1) is 13.3. The number of thiophene rings is 1. The van der Waals surface area contributed by atoms with Crippen LogP contribution in [0.2, 0.25) is 5.02 Å². The smallest absolute Gasteiger partial charge is 0.0564 e. The number of nitrogens with two attached hydrogens (primary N) is 1. The van der Waals surface area contributed by atoms with Gasteiger partial charge in [0.15, 0.2) is 0 Å². The van der Waals surface area contributed by atoms with Crippen LogP contribution < -0.4 is 5.73 Å². The van der Waals surface area contributed by atoms with Crippen molar-refractivity contribution in [3.8, 4) is 0 Å². The van der Waals surface area contributed by atoms with Gasteiger partial charge in [-0.05, 0) is 26.0 Å². The summed E-state index contributed by atoms with van der Waals surface area (Å²) in [6.07, 6.45) is 6.73. The molecule has 0 bridgehead atoms. The number of halogens is 1. The van der Waals surface area contributed by atoms with Crippen LogP contribution in [0.5, 0.6) is 0 Å². The minimum absolute atomic E-state index is 0.329. The van der Waals surface area contributed by atoms with E-state index in [2.05, 4.69) is 18.0 Å². The summed E-state index contributed by atoms with van der Waals surface area (Å²) in [5, 5.41) is 2.83. The molecule has 0 aromatic carbocycles. The molecule has 1 atom stereocenters. The van der Waals surface area contributed by atoms with Crippen LogP contribution >= 0.6 is 22.9 Å². The molecule has 0 spiro atoms. The third-order valence-corrected chi connectivity index (χ3v) is 5.16. The topological polar surface area (TPSA) is 29.3 Å². The van der Waals surface area contributed by atoms with Crippen molar-refractivity contribution < 1.29 is 0 Å². The predicted molar refractivity (Wildman–Crippen MR) is 75.8 cm³/mol. The van der Waals surface area contributed by atoms with Crippen LogP contribution in [-0.2, 0) is 0 Å². The molecule has 1 unspecified atom stereocenters. The number of hydrogen-bond acceptors (Lipinski definition) is 3. The molecule has 17 heavy (non-hydrogen) atoms. The summed E-state index contributed by atoms with van der Waals surface area (Å²) in [5.74, 6) is 0. The van der Waals surface area contributed by atoms with Gasteiger partial charge < -0.3 is 5.73 Å². The van der Waals surface area contributed by atoms with Gasteiger partial charge in [0.1, 0.15) is 0 Å². The Morgan fingerprint density at radius 1 is 1.47 bits per heavy atom. The summed E-state index contributed by atoms with van der Waals surface area (Å²) >= 11 is 7.72. The maximum Gasteiger partial charge on any atom is 0.0564 e. The molecule has 1 aromatic rings. The lowest BCUT2D eigenvalue weighted by molar-refractivity contribution is 0.142. The van der Waals surface area contributed by atoms with Gasteiger partial charge in [-0.15, -0.1) is 11.3 Å². The van der Waals surface area contributed by atoms with E-state index in [0.717, 1.165) is 5.02 Å². The normalized spacial score (nSPS) is 19.8. The molecule has 2 nitrogen and oxygen atoms in total. The predicted octanol–water partition coefficient (Wildman–Crippen LogP) is 3.67. The van der Waals surface area contributed by atoms with Gasteiger partial charge in [-0.3, -0.25) is 4.90 Å². The highest BCUT2D eigenvalue weighted by atomic mass is 35.5. The van der Waals surface area contributed by atoms with E-state index in [-0.39, 0.29) is 0 Å². The van der Waals surface area contributed by atoms with Crippen molar-refractivity contribution in [1.82, 2.24) is 4.90 Å². The maximum atomic E-state index is 6.00. The second-order valence-corrected chi connectivity index (χ2v) is 6.26. The zero-order valence-electron chi connectivity index (χ0n) is 10.4. The van der Waals surface area contributed by atoms with Gasteiger partial charge in [0.05, 0.1) is 11.1 Å². The average molecular weight is 273 g/mol. The monoisotopic (exact) mass is 272 g/mol. The van der Waals surface area contributed by atoms with Gasteiger partial charge >= 0.3 is 0 Å². The van der Waals surface area contributed by atoms with Crippen LogP contribution in [0.4, 0.5) is 0 Å². The minimum atomic E-state index is 0.329. The lowest BCUT2D eigenvalue weighted by Crippen LogP contribution is -2.39. The SMILES string of the molecule is CN(C1CCCCC1)C(CN)c1cc(Cl)cs1. The number of nitrogens with zero attached hydrogens (tertiary/aromatic N) is 1. The molecule has 2 rings (SSSR count). The van der Waals surface area contributed by atoms with E-state index in [4.69, 9.17) is 17.3 Å². The van der Waals surface area contributed by atoms with Crippen LogP contribution in [0.1, 0.15) is 43.0 Å². The third-order valence-electron chi connectivity index (χ3n) is 3.78. The molecule has 1 aliphatic carbocycles. The highest BCUT2D eigenvalue weighted by molar-refractivity contribution is 7.10. The summed E-state index contributed by atoms with van der Waals surface area (Å²) < 4.78 is 0. The van der Waals surface area contributed by atoms with E-state index < -0.39 is 0 Å². The number of hydrogen-bond donors (Lipinski definition) is 1. The number of rotatable bonds is 4.